The molecule has 18 heavy (non-hydrogen) atoms. The molecule has 1 saturated heterocycles. The van der Waals surface area contributed by atoms with Crippen LogP contribution in [-0.2, 0) is 0 Å². The van der Waals surface area contributed by atoms with Crippen LogP contribution in [0.4, 0.5) is 10.1 Å². The van der Waals surface area contributed by atoms with Crippen LogP contribution in [-0.4, -0.2) is 25.2 Å². The van der Waals surface area contributed by atoms with Crippen LogP contribution in [0.2, 0.25) is 0 Å². The highest BCUT2D eigenvalue weighted by Crippen LogP contribution is 2.30. The average molecular weight is 313 g/mol. The molecule has 0 spiro atoms. The number of nitrogens with zero attached hydrogens (tertiary/aromatic N) is 1. The summed E-state index contributed by atoms with van der Waals surface area (Å²) in [4.78, 5) is 2.29. The highest BCUT2D eigenvalue weighted by atomic mass is 79.9. The summed E-state index contributed by atoms with van der Waals surface area (Å²) >= 11 is 3.52. The Morgan fingerprint density at radius 2 is 2.06 bits per heavy atom. The summed E-state index contributed by atoms with van der Waals surface area (Å²) in [5, 5.41) is 3.68. The second-order valence-electron chi connectivity index (χ2n) is 5.32. The van der Waals surface area contributed by atoms with E-state index in [0.717, 1.165) is 29.3 Å². The van der Waals surface area contributed by atoms with Crippen molar-refractivity contribution < 1.29 is 4.39 Å². The molecule has 1 aliphatic heterocycles. The monoisotopic (exact) mass is 312 g/mol. The lowest BCUT2D eigenvalue weighted by molar-refractivity contribution is 0.420. The van der Waals surface area contributed by atoms with Crippen molar-refractivity contribution in [3.8, 4) is 0 Å². The molecule has 0 aromatic heterocycles. The Morgan fingerprint density at radius 3 is 2.83 bits per heavy atom. The molecule has 0 radical (unpaired) electrons. The van der Waals surface area contributed by atoms with Gasteiger partial charge in [-0.3, -0.25) is 0 Å². The fraction of sp³-hybridized carbons (Fsp3) is 0.571. The summed E-state index contributed by atoms with van der Waals surface area (Å²) in [5.41, 5.74) is 0.984. The van der Waals surface area contributed by atoms with Crippen LogP contribution in [0.5, 0.6) is 0 Å². The lowest BCUT2D eigenvalue weighted by atomic mass is 10.0. The van der Waals surface area contributed by atoms with E-state index in [-0.39, 0.29) is 5.82 Å². The topological polar surface area (TPSA) is 15.3 Å². The van der Waals surface area contributed by atoms with Crippen LogP contribution in [0.25, 0.3) is 0 Å². The molecule has 3 rings (SSSR count). The molecule has 1 unspecified atom stereocenters. The minimum atomic E-state index is -0.162. The van der Waals surface area contributed by atoms with Crippen molar-refractivity contribution >= 4 is 21.6 Å². The Morgan fingerprint density at radius 1 is 1.22 bits per heavy atom. The zero-order valence-corrected chi connectivity index (χ0v) is 11.9. The number of nitrogens with one attached hydrogen (secondary N) is 1. The summed E-state index contributed by atoms with van der Waals surface area (Å²) < 4.78 is 14.3. The van der Waals surface area contributed by atoms with Gasteiger partial charge in [-0.05, 0) is 59.8 Å². The van der Waals surface area contributed by atoms with Crippen LogP contribution in [0, 0.1) is 5.82 Å². The van der Waals surface area contributed by atoms with Crippen LogP contribution in [0.15, 0.2) is 22.7 Å². The minimum absolute atomic E-state index is 0.162. The second-order valence-corrected chi connectivity index (χ2v) is 6.18. The van der Waals surface area contributed by atoms with Gasteiger partial charge in [0, 0.05) is 29.6 Å². The zero-order valence-electron chi connectivity index (χ0n) is 10.3. The molecule has 1 heterocycles. The molecule has 1 aromatic rings. The van der Waals surface area contributed by atoms with Crippen LogP contribution in [0.3, 0.4) is 0 Å². The molecular formula is C14H18BrFN2. The van der Waals surface area contributed by atoms with Crippen molar-refractivity contribution in [2.45, 2.75) is 37.8 Å². The van der Waals surface area contributed by atoms with E-state index in [2.05, 4.69) is 26.1 Å². The molecule has 1 saturated carbocycles. The van der Waals surface area contributed by atoms with Gasteiger partial charge in [-0.1, -0.05) is 0 Å². The fourth-order valence-electron chi connectivity index (χ4n) is 2.64. The number of hydrogen-bond donors (Lipinski definition) is 1. The third-order valence-electron chi connectivity index (χ3n) is 3.72. The maximum Gasteiger partial charge on any atom is 0.125 e. The summed E-state index contributed by atoms with van der Waals surface area (Å²) in [6.07, 6.45) is 5.05. The zero-order chi connectivity index (χ0) is 12.5. The SMILES string of the molecule is Fc1ccc(Br)c(N2CCCC(NC3CC3)C2)c1. The summed E-state index contributed by atoms with van der Waals surface area (Å²) in [7, 11) is 0. The molecule has 2 aliphatic rings. The number of hydrogen-bond acceptors (Lipinski definition) is 2. The van der Waals surface area contributed by atoms with Gasteiger partial charge in [-0.2, -0.15) is 0 Å². The van der Waals surface area contributed by atoms with Crippen LogP contribution >= 0.6 is 15.9 Å². The normalized spacial score (nSPS) is 24.3. The van der Waals surface area contributed by atoms with E-state index >= 15 is 0 Å². The lowest BCUT2D eigenvalue weighted by Gasteiger charge is -2.35. The number of halogens is 2. The average Bonchev–Trinajstić information content (AvgIpc) is 3.16. The van der Waals surface area contributed by atoms with E-state index < -0.39 is 0 Å². The molecular weight excluding hydrogens is 295 g/mol. The number of rotatable bonds is 3. The van der Waals surface area contributed by atoms with Crippen molar-refractivity contribution in [3.63, 3.8) is 0 Å². The number of piperidine rings is 1. The molecule has 0 amide bonds. The first-order chi connectivity index (χ1) is 8.72. The predicted octanol–water partition coefficient (Wildman–Crippen LogP) is 3.31. The third-order valence-corrected chi connectivity index (χ3v) is 4.39. The predicted molar refractivity (Wildman–Crippen MR) is 75.5 cm³/mol. The molecule has 1 atom stereocenters. The molecule has 4 heteroatoms. The highest BCUT2D eigenvalue weighted by molar-refractivity contribution is 9.10. The van der Waals surface area contributed by atoms with Gasteiger partial charge in [0.05, 0.1) is 5.69 Å². The molecule has 2 nitrogen and oxygen atoms in total. The van der Waals surface area contributed by atoms with Crippen molar-refractivity contribution in [2.24, 2.45) is 0 Å². The molecule has 0 bridgehead atoms. The molecule has 1 aliphatic carbocycles. The summed E-state index contributed by atoms with van der Waals surface area (Å²) in [6.45, 7) is 2.00. The van der Waals surface area contributed by atoms with Gasteiger partial charge >= 0.3 is 0 Å². The number of anilines is 1. The van der Waals surface area contributed by atoms with Gasteiger partial charge in [0.25, 0.3) is 0 Å². The Hall–Kier alpha value is -0.610. The Balaban J connectivity index is 1.72. The largest absolute Gasteiger partial charge is 0.369 e. The Kier molecular flexibility index (Phi) is 3.57. The first-order valence-corrected chi connectivity index (χ1v) is 7.48. The maximum absolute atomic E-state index is 13.4. The molecule has 1 aromatic carbocycles. The summed E-state index contributed by atoms with van der Waals surface area (Å²) in [5.74, 6) is -0.162. The molecule has 2 fully saturated rings. The Labute approximate surface area is 116 Å². The van der Waals surface area contributed by atoms with Gasteiger partial charge in [-0.15, -0.1) is 0 Å². The molecule has 1 N–H and O–H groups in total. The smallest absolute Gasteiger partial charge is 0.125 e. The van der Waals surface area contributed by atoms with Crippen LogP contribution < -0.4 is 10.2 Å². The van der Waals surface area contributed by atoms with Gasteiger partial charge in [0.1, 0.15) is 5.82 Å². The minimum Gasteiger partial charge on any atom is -0.369 e. The first kappa shape index (κ1) is 12.4. The maximum atomic E-state index is 13.4. The third kappa shape index (κ3) is 2.86. The van der Waals surface area contributed by atoms with Crippen LogP contribution in [0.1, 0.15) is 25.7 Å². The van der Waals surface area contributed by atoms with Gasteiger partial charge in [-0.25, -0.2) is 4.39 Å². The fourth-order valence-corrected chi connectivity index (χ4v) is 3.14. The standard InChI is InChI=1S/C14H18BrFN2/c15-13-6-3-10(16)8-14(13)18-7-1-2-12(9-18)17-11-4-5-11/h3,6,8,11-12,17H,1-2,4-5,7,9H2. The molecule has 98 valence electrons. The van der Waals surface area contributed by atoms with E-state index in [1.165, 1.54) is 31.7 Å². The van der Waals surface area contributed by atoms with Crippen molar-refractivity contribution in [3.05, 3.63) is 28.5 Å². The van der Waals surface area contributed by atoms with E-state index in [1.807, 2.05) is 0 Å². The van der Waals surface area contributed by atoms with Crippen molar-refractivity contribution in [1.29, 1.82) is 0 Å². The highest BCUT2D eigenvalue weighted by Gasteiger charge is 2.28. The van der Waals surface area contributed by atoms with E-state index in [9.17, 15) is 4.39 Å². The van der Waals surface area contributed by atoms with Crippen molar-refractivity contribution in [2.75, 3.05) is 18.0 Å². The summed E-state index contributed by atoms with van der Waals surface area (Å²) in [6, 6.07) is 6.22. The van der Waals surface area contributed by atoms with E-state index in [0.29, 0.717) is 6.04 Å². The van der Waals surface area contributed by atoms with E-state index in [1.54, 1.807) is 12.1 Å². The lowest BCUT2D eigenvalue weighted by Crippen LogP contribution is -2.46. The Bertz CT molecular complexity index is 434. The van der Waals surface area contributed by atoms with E-state index in [4.69, 9.17) is 0 Å². The van der Waals surface area contributed by atoms with Crippen molar-refractivity contribution in [1.82, 2.24) is 5.32 Å². The quantitative estimate of drug-likeness (QED) is 0.921. The first-order valence-electron chi connectivity index (χ1n) is 6.68. The number of benzene rings is 1. The van der Waals surface area contributed by atoms with Gasteiger partial charge in [0.2, 0.25) is 0 Å². The van der Waals surface area contributed by atoms with Gasteiger partial charge < -0.3 is 10.2 Å². The van der Waals surface area contributed by atoms with Gasteiger partial charge in [0.15, 0.2) is 0 Å². The second kappa shape index (κ2) is 5.17.